The van der Waals surface area contributed by atoms with Gasteiger partial charge in [-0.1, -0.05) is 84.9 Å². The number of hydroxylamine groups is 2. The first-order valence-corrected chi connectivity index (χ1v) is 21.7. The molecule has 8 rings (SSSR count). The zero-order chi connectivity index (χ0) is 44.7. The molecule has 2 N–H and O–H groups in total. The minimum atomic E-state index is -1.56. The van der Waals surface area contributed by atoms with E-state index in [0.717, 1.165) is 11.1 Å². The number of likely N-dealkylation sites (tertiary alicyclic amines) is 1. The fourth-order valence-corrected chi connectivity index (χ4v) is 9.64. The summed E-state index contributed by atoms with van der Waals surface area (Å²) in [6, 6.07) is 23.5. The molecule has 2 bridgehead atoms. The molecule has 0 unspecified atom stereocenters. The van der Waals surface area contributed by atoms with E-state index >= 15 is 4.79 Å². The molecule has 0 aromatic heterocycles. The van der Waals surface area contributed by atoms with E-state index in [0.29, 0.717) is 24.0 Å². The van der Waals surface area contributed by atoms with Crippen LogP contribution in [0.15, 0.2) is 91.0 Å². The highest BCUT2D eigenvalue weighted by Gasteiger charge is 2.77. The van der Waals surface area contributed by atoms with Crippen LogP contribution in [0.3, 0.4) is 0 Å². The monoisotopic (exact) mass is 864 g/mol. The van der Waals surface area contributed by atoms with Crippen molar-refractivity contribution in [1.82, 2.24) is 20.2 Å². The van der Waals surface area contributed by atoms with Crippen molar-refractivity contribution in [2.24, 2.45) is 5.41 Å². The summed E-state index contributed by atoms with van der Waals surface area (Å²) >= 11 is 0. The van der Waals surface area contributed by atoms with Crippen LogP contribution in [0.25, 0.3) is 6.08 Å². The maximum Gasteiger partial charge on any atom is 0.327 e. The predicted molar refractivity (Wildman–Crippen MR) is 228 cm³/mol. The van der Waals surface area contributed by atoms with E-state index in [1.807, 2.05) is 84.9 Å². The smallest absolute Gasteiger partial charge is 0.327 e. The van der Waals surface area contributed by atoms with E-state index in [1.54, 1.807) is 40.9 Å². The third kappa shape index (κ3) is 8.52. The second-order valence-electron chi connectivity index (χ2n) is 18.2. The maximum absolute atomic E-state index is 15.7. The van der Waals surface area contributed by atoms with Gasteiger partial charge in [0.1, 0.15) is 41.5 Å². The van der Waals surface area contributed by atoms with Gasteiger partial charge in [-0.15, -0.1) is 0 Å². The average molecular weight is 865 g/mol. The highest BCUT2D eigenvalue weighted by molar-refractivity contribution is 5.97. The Morgan fingerprint density at radius 3 is 2.22 bits per heavy atom. The average Bonchev–Trinajstić information content (AvgIpc) is 4.01. The number of hydrogen-bond acceptors (Lipinski definition) is 12. The normalized spacial score (nSPS) is 27.7. The van der Waals surface area contributed by atoms with Crippen molar-refractivity contribution in [2.75, 3.05) is 27.2 Å². The van der Waals surface area contributed by atoms with E-state index in [-0.39, 0.29) is 38.3 Å². The summed E-state index contributed by atoms with van der Waals surface area (Å²) in [5.74, 6) is -3.59. The lowest BCUT2D eigenvalue weighted by molar-refractivity contribution is -0.214. The van der Waals surface area contributed by atoms with Gasteiger partial charge < -0.3 is 39.2 Å². The number of nitrogens with one attached hydrogen (secondary N) is 1. The molecule has 4 aliphatic heterocycles. The van der Waals surface area contributed by atoms with Gasteiger partial charge in [-0.25, -0.2) is 0 Å². The van der Waals surface area contributed by atoms with Crippen molar-refractivity contribution in [3.8, 4) is 0 Å². The summed E-state index contributed by atoms with van der Waals surface area (Å²) in [7, 11) is 3.35. The molecule has 4 heterocycles. The van der Waals surface area contributed by atoms with E-state index in [9.17, 15) is 24.3 Å². The third-order valence-electron chi connectivity index (χ3n) is 12.5. The first-order valence-electron chi connectivity index (χ1n) is 21.7. The Morgan fingerprint density at radius 1 is 0.952 bits per heavy atom. The Morgan fingerprint density at radius 2 is 1.60 bits per heavy atom. The maximum atomic E-state index is 15.7. The number of likely N-dealkylation sites (N-methyl/N-ethyl adjacent to an activating group) is 1. The molecule has 1 aliphatic carbocycles. The van der Waals surface area contributed by atoms with Crippen LogP contribution in [0.5, 0.6) is 0 Å². The van der Waals surface area contributed by atoms with Gasteiger partial charge >= 0.3 is 11.9 Å². The topological polar surface area (TPSA) is 173 Å². The predicted octanol–water partition coefficient (Wildman–Crippen LogP) is 3.86. The van der Waals surface area contributed by atoms with Gasteiger partial charge in [0.15, 0.2) is 6.04 Å². The summed E-state index contributed by atoms with van der Waals surface area (Å²) in [4.78, 5) is 78.8. The number of ether oxygens (including phenoxy) is 4. The molecule has 3 aromatic carbocycles. The molecule has 334 valence electrons. The lowest BCUT2D eigenvalue weighted by Crippen LogP contribution is -2.70. The second-order valence-corrected chi connectivity index (χ2v) is 18.2. The second kappa shape index (κ2) is 17.6. The molecule has 0 radical (unpaired) electrons. The fraction of sp³-hybridized carbons (Fsp3) is 0.479. The number of benzene rings is 3. The van der Waals surface area contributed by atoms with Gasteiger partial charge in [0.2, 0.25) is 23.5 Å². The van der Waals surface area contributed by atoms with E-state index < -0.39 is 89.7 Å². The molecule has 5 fully saturated rings. The van der Waals surface area contributed by atoms with Crippen LogP contribution in [0.2, 0.25) is 0 Å². The lowest BCUT2D eigenvalue weighted by atomic mass is 9.62. The Hall–Kier alpha value is -5.45. The summed E-state index contributed by atoms with van der Waals surface area (Å²) < 4.78 is 25.8. The molecule has 8 atom stereocenters. The summed E-state index contributed by atoms with van der Waals surface area (Å²) in [5.41, 5.74) is 0.741. The number of carbonyl (C=O) groups excluding carboxylic acids is 5. The number of esters is 2. The van der Waals surface area contributed by atoms with Crippen LogP contribution in [-0.4, -0.2) is 125 Å². The summed E-state index contributed by atoms with van der Waals surface area (Å²) in [6.45, 7) is 5.21. The molecule has 15 heteroatoms. The van der Waals surface area contributed by atoms with Gasteiger partial charge in [0.25, 0.3) is 0 Å². The number of rotatable bonds is 13. The molecular formula is C48H56N4O11. The number of nitrogens with zero attached hydrogens (tertiary/aromatic N) is 3. The number of hydrogen-bond donors (Lipinski definition) is 2. The van der Waals surface area contributed by atoms with Crippen molar-refractivity contribution < 1.29 is 52.9 Å². The highest BCUT2D eigenvalue weighted by atomic mass is 16.8. The Kier molecular flexibility index (Phi) is 12.3. The van der Waals surface area contributed by atoms with Gasteiger partial charge in [0.05, 0.1) is 19.2 Å². The van der Waals surface area contributed by atoms with E-state index in [4.69, 9.17) is 23.8 Å². The SMILES string of the molecule is CN(C)C(=O)C=Cc1ccc(CN2O[C@@H]3[C@H]4OC(c5ccccc5)(c5ccccc5)O[C@H]4[C@H]4C[C@]3(C(=O)N3CCC[C@@H]3C(=O)N[C@H](CO)CCC(=O)OC(C)(C)C)[C@@H]2C(=O)O4)cc1. The number of fused-ring (bicyclic) bond motifs is 4. The molecule has 0 spiro atoms. The Balaban J connectivity index is 1.12. The molecule has 5 aliphatic rings. The van der Waals surface area contributed by atoms with Gasteiger partial charge in [-0.05, 0) is 57.2 Å². The highest BCUT2D eigenvalue weighted by Crippen LogP contribution is 2.60. The van der Waals surface area contributed by atoms with Crippen molar-refractivity contribution in [3.63, 3.8) is 0 Å². The molecular weight excluding hydrogens is 809 g/mol. The summed E-state index contributed by atoms with van der Waals surface area (Å²) in [5, 5.41) is 14.6. The number of aliphatic hydroxyl groups is 1. The minimum Gasteiger partial charge on any atom is -0.460 e. The first kappa shape index (κ1) is 44.2. The van der Waals surface area contributed by atoms with Gasteiger partial charge in [0, 0.05) is 50.7 Å². The van der Waals surface area contributed by atoms with Gasteiger partial charge in [-0.3, -0.25) is 28.8 Å². The molecule has 1 saturated carbocycles. The van der Waals surface area contributed by atoms with Crippen molar-refractivity contribution in [3.05, 3.63) is 113 Å². The number of carbonyl (C=O) groups is 5. The zero-order valence-electron chi connectivity index (χ0n) is 36.3. The third-order valence-corrected chi connectivity index (χ3v) is 12.5. The van der Waals surface area contributed by atoms with Crippen LogP contribution in [0, 0.1) is 5.41 Å². The van der Waals surface area contributed by atoms with Crippen molar-refractivity contribution in [2.45, 2.75) is 113 Å². The largest absolute Gasteiger partial charge is 0.460 e. The van der Waals surface area contributed by atoms with Crippen LogP contribution in [0.4, 0.5) is 0 Å². The first-order chi connectivity index (χ1) is 30.1. The molecule has 3 aromatic rings. The molecule has 4 saturated heterocycles. The lowest BCUT2D eigenvalue weighted by Gasteiger charge is -2.50. The quantitative estimate of drug-likeness (QED) is 0.188. The number of amides is 3. The van der Waals surface area contributed by atoms with Crippen LogP contribution in [-0.2, 0) is 60.1 Å². The van der Waals surface area contributed by atoms with Crippen LogP contribution >= 0.6 is 0 Å². The van der Waals surface area contributed by atoms with Crippen molar-refractivity contribution >= 4 is 35.7 Å². The fourth-order valence-electron chi connectivity index (χ4n) is 9.64. The van der Waals surface area contributed by atoms with Crippen molar-refractivity contribution in [1.29, 1.82) is 0 Å². The number of aliphatic hydroxyl groups excluding tert-OH is 1. The van der Waals surface area contributed by atoms with Crippen LogP contribution in [0.1, 0.15) is 75.1 Å². The van der Waals surface area contributed by atoms with Crippen LogP contribution < -0.4 is 5.32 Å². The zero-order valence-corrected chi connectivity index (χ0v) is 36.3. The Labute approximate surface area is 367 Å². The summed E-state index contributed by atoms with van der Waals surface area (Å²) in [6.07, 6.45) is 0.573. The molecule has 63 heavy (non-hydrogen) atoms. The Bertz CT molecular complexity index is 2170. The van der Waals surface area contributed by atoms with E-state index in [2.05, 4.69) is 5.32 Å². The minimum absolute atomic E-state index is 0.0210. The van der Waals surface area contributed by atoms with Gasteiger partial charge in [-0.2, -0.15) is 5.06 Å². The van der Waals surface area contributed by atoms with E-state index in [1.165, 1.54) is 20.9 Å². The molecule has 15 nitrogen and oxygen atoms in total. The molecule has 3 amide bonds. The standard InChI is InChI=1S/C48H56N4O11/c1-46(2,3)60-38(55)25-23-34(29-53)49-43(56)35-17-12-26-51(35)45(58)47-27-36-39-40(62-48(61-39,32-13-8-6-9-14-32)33-15-10-7-11-16-33)42(47)63-52(41(47)44(57)59-36)28-31-20-18-30(19-21-31)22-24-37(54)50(4)5/h6-11,13-16,18-22,24,34-36,39-42,53H,12,17,23,25-29H2,1-5H3,(H,49,56)/t34-,35+,36+,39-,40-,41-,42+,47-/m0/s1.